The molecule has 0 bridgehead atoms. The van der Waals surface area contributed by atoms with Gasteiger partial charge in [0.25, 0.3) is 0 Å². The minimum atomic E-state index is -0.749. The van der Waals surface area contributed by atoms with E-state index >= 15 is 0 Å². The molecule has 0 spiro atoms. The average molecular weight is 135 g/mol. The molecule has 1 atom stereocenters. The van der Waals surface area contributed by atoms with Crippen LogP contribution in [0.3, 0.4) is 0 Å². The number of aliphatic hydroxyl groups excluding tert-OH is 1. The van der Waals surface area contributed by atoms with Crippen LogP contribution in [0.25, 0.3) is 0 Å². The lowest BCUT2D eigenvalue weighted by Crippen LogP contribution is -1.95. The highest BCUT2D eigenvalue weighted by Crippen LogP contribution is 2.07. The van der Waals surface area contributed by atoms with E-state index in [1.165, 1.54) is 0 Å². The van der Waals surface area contributed by atoms with E-state index in [-0.39, 0.29) is 0 Å². The van der Waals surface area contributed by atoms with Gasteiger partial charge in [-0.15, -0.1) is 0 Å². The third-order valence-corrected chi connectivity index (χ3v) is 1.30. The van der Waals surface area contributed by atoms with Crippen molar-refractivity contribution in [3.05, 3.63) is 35.9 Å². The first-order valence-electron chi connectivity index (χ1n) is 3.08. The van der Waals surface area contributed by atoms with Crippen LogP contribution in [0.1, 0.15) is 11.7 Å². The van der Waals surface area contributed by atoms with Crippen molar-refractivity contribution in [2.24, 2.45) is 0 Å². The summed E-state index contributed by atoms with van der Waals surface area (Å²) >= 11 is 0. The highest BCUT2D eigenvalue weighted by molar-refractivity contribution is 5.61. The molecule has 0 amide bonds. The maximum atomic E-state index is 9.09. The maximum Gasteiger partial charge on any atom is 0.113 e. The highest BCUT2D eigenvalue weighted by Gasteiger charge is 1.99. The van der Waals surface area contributed by atoms with Crippen molar-refractivity contribution < 1.29 is 5.11 Å². The molecule has 0 saturated carbocycles. The summed E-state index contributed by atoms with van der Waals surface area (Å²) < 4.78 is 0. The summed E-state index contributed by atoms with van der Waals surface area (Å²) in [5, 5.41) is 15.9. The van der Waals surface area contributed by atoms with Gasteiger partial charge in [0.15, 0.2) is 0 Å². The Labute approximate surface area is 59.6 Å². The van der Waals surface area contributed by atoms with Gasteiger partial charge in [-0.2, -0.15) is 0 Å². The number of nitrogens with one attached hydrogen (secondary N) is 1. The van der Waals surface area contributed by atoms with Crippen LogP contribution in [-0.4, -0.2) is 11.3 Å². The SMILES string of the molecule is N=CC(O)c1ccccc1. The molecule has 0 fully saturated rings. The maximum absolute atomic E-state index is 9.09. The summed E-state index contributed by atoms with van der Waals surface area (Å²) in [5.74, 6) is 0. The van der Waals surface area contributed by atoms with Gasteiger partial charge in [0.2, 0.25) is 0 Å². The van der Waals surface area contributed by atoms with Gasteiger partial charge in [-0.3, -0.25) is 0 Å². The van der Waals surface area contributed by atoms with Gasteiger partial charge in [0, 0.05) is 6.21 Å². The topological polar surface area (TPSA) is 44.1 Å². The van der Waals surface area contributed by atoms with Crippen LogP contribution < -0.4 is 0 Å². The molecule has 10 heavy (non-hydrogen) atoms. The average Bonchev–Trinajstić information content (AvgIpc) is 2.05. The van der Waals surface area contributed by atoms with E-state index in [2.05, 4.69) is 0 Å². The molecule has 0 saturated heterocycles. The van der Waals surface area contributed by atoms with Crippen LogP contribution in [0.5, 0.6) is 0 Å². The van der Waals surface area contributed by atoms with E-state index in [1.807, 2.05) is 18.2 Å². The number of benzene rings is 1. The van der Waals surface area contributed by atoms with Gasteiger partial charge in [-0.05, 0) is 5.56 Å². The molecule has 1 aromatic rings. The number of rotatable bonds is 2. The van der Waals surface area contributed by atoms with Crippen molar-refractivity contribution in [1.82, 2.24) is 0 Å². The van der Waals surface area contributed by atoms with Crippen LogP contribution in [0.15, 0.2) is 30.3 Å². The normalized spacial score (nSPS) is 12.5. The molecule has 0 aliphatic carbocycles. The van der Waals surface area contributed by atoms with Crippen LogP contribution >= 0.6 is 0 Å². The number of hydrogen-bond acceptors (Lipinski definition) is 2. The zero-order valence-corrected chi connectivity index (χ0v) is 5.49. The lowest BCUT2D eigenvalue weighted by molar-refractivity contribution is 0.252. The molecule has 2 nitrogen and oxygen atoms in total. The van der Waals surface area contributed by atoms with Gasteiger partial charge < -0.3 is 10.5 Å². The molecule has 2 N–H and O–H groups in total. The fourth-order valence-corrected chi connectivity index (χ4v) is 0.746. The van der Waals surface area contributed by atoms with E-state index in [0.29, 0.717) is 0 Å². The summed E-state index contributed by atoms with van der Waals surface area (Å²) in [6, 6.07) is 9.12. The smallest absolute Gasteiger partial charge is 0.113 e. The Kier molecular flexibility index (Phi) is 2.18. The van der Waals surface area contributed by atoms with E-state index < -0.39 is 6.10 Å². The Morgan fingerprint density at radius 2 is 1.90 bits per heavy atom. The third kappa shape index (κ3) is 1.42. The van der Waals surface area contributed by atoms with Crippen molar-refractivity contribution >= 4 is 6.21 Å². The Hall–Kier alpha value is -1.15. The molecule has 1 aromatic carbocycles. The predicted octanol–water partition coefficient (Wildman–Crippen LogP) is 1.37. The molecule has 1 rings (SSSR count). The monoisotopic (exact) mass is 135 g/mol. The van der Waals surface area contributed by atoms with Crippen LogP contribution in [0.4, 0.5) is 0 Å². The van der Waals surface area contributed by atoms with Crippen molar-refractivity contribution in [1.29, 1.82) is 5.41 Å². The fraction of sp³-hybridized carbons (Fsp3) is 0.125. The largest absolute Gasteiger partial charge is 0.383 e. The first kappa shape index (κ1) is 6.96. The lowest BCUT2D eigenvalue weighted by atomic mass is 10.1. The molecule has 0 radical (unpaired) electrons. The Morgan fingerprint density at radius 3 is 2.40 bits per heavy atom. The number of hydrogen-bond donors (Lipinski definition) is 2. The zero-order chi connectivity index (χ0) is 7.40. The fourth-order valence-electron chi connectivity index (χ4n) is 0.746. The van der Waals surface area contributed by atoms with E-state index in [4.69, 9.17) is 10.5 Å². The van der Waals surface area contributed by atoms with E-state index in [9.17, 15) is 0 Å². The van der Waals surface area contributed by atoms with Crippen LogP contribution in [-0.2, 0) is 0 Å². The Balaban J connectivity index is 2.84. The molecule has 0 aliphatic heterocycles. The third-order valence-electron chi connectivity index (χ3n) is 1.30. The molecular weight excluding hydrogens is 126 g/mol. The summed E-state index contributed by atoms with van der Waals surface area (Å²) in [6.45, 7) is 0. The second-order valence-corrected chi connectivity index (χ2v) is 2.02. The minimum absolute atomic E-state index is 0.749. The first-order valence-corrected chi connectivity index (χ1v) is 3.08. The number of aliphatic hydroxyl groups is 1. The van der Waals surface area contributed by atoms with Crippen molar-refractivity contribution in [3.63, 3.8) is 0 Å². The van der Waals surface area contributed by atoms with Gasteiger partial charge in [-0.25, -0.2) is 0 Å². The molecule has 0 aliphatic rings. The highest BCUT2D eigenvalue weighted by atomic mass is 16.3. The van der Waals surface area contributed by atoms with Gasteiger partial charge >= 0.3 is 0 Å². The Bertz CT molecular complexity index is 208. The Morgan fingerprint density at radius 1 is 1.30 bits per heavy atom. The summed E-state index contributed by atoms with van der Waals surface area (Å²) in [6.07, 6.45) is 0.260. The van der Waals surface area contributed by atoms with Gasteiger partial charge in [0.1, 0.15) is 6.10 Å². The van der Waals surface area contributed by atoms with Crippen molar-refractivity contribution in [2.75, 3.05) is 0 Å². The van der Waals surface area contributed by atoms with Crippen molar-refractivity contribution in [2.45, 2.75) is 6.10 Å². The second-order valence-electron chi connectivity index (χ2n) is 2.02. The van der Waals surface area contributed by atoms with Crippen LogP contribution in [0.2, 0.25) is 0 Å². The summed E-state index contributed by atoms with van der Waals surface area (Å²) in [7, 11) is 0. The molecule has 0 heterocycles. The lowest BCUT2D eigenvalue weighted by Gasteiger charge is -2.01. The quantitative estimate of drug-likeness (QED) is 0.591. The van der Waals surface area contributed by atoms with Crippen LogP contribution in [0, 0.1) is 5.41 Å². The molecular formula is C8H9NO. The predicted molar refractivity (Wildman–Crippen MR) is 40.2 cm³/mol. The first-order chi connectivity index (χ1) is 4.84. The van der Waals surface area contributed by atoms with Gasteiger partial charge in [-0.1, -0.05) is 30.3 Å². The van der Waals surface area contributed by atoms with E-state index in [0.717, 1.165) is 11.8 Å². The molecule has 1 unspecified atom stereocenters. The molecule has 52 valence electrons. The van der Waals surface area contributed by atoms with Crippen molar-refractivity contribution in [3.8, 4) is 0 Å². The summed E-state index contributed by atoms with van der Waals surface area (Å²) in [4.78, 5) is 0. The minimum Gasteiger partial charge on any atom is -0.383 e. The standard InChI is InChI=1S/C8H9NO/c9-6-8(10)7-4-2-1-3-5-7/h1-6,8-10H. The van der Waals surface area contributed by atoms with Gasteiger partial charge in [0.05, 0.1) is 0 Å². The molecule has 2 heteroatoms. The zero-order valence-electron chi connectivity index (χ0n) is 5.49. The molecule has 0 aromatic heterocycles. The summed E-state index contributed by atoms with van der Waals surface area (Å²) in [5.41, 5.74) is 0.762. The van der Waals surface area contributed by atoms with E-state index in [1.54, 1.807) is 12.1 Å². The second kappa shape index (κ2) is 3.13.